The van der Waals surface area contributed by atoms with Crippen molar-refractivity contribution >= 4 is 15.9 Å². The third-order valence-electron chi connectivity index (χ3n) is 4.75. The maximum atomic E-state index is 3.58. The van der Waals surface area contributed by atoms with Crippen LogP contribution in [-0.2, 0) is 12.8 Å². The molecule has 3 rings (SSSR count). The monoisotopic (exact) mass is 322 g/mol. The molecule has 1 aliphatic heterocycles. The lowest BCUT2D eigenvalue weighted by molar-refractivity contribution is 0.128. The van der Waals surface area contributed by atoms with Crippen molar-refractivity contribution in [1.82, 2.24) is 10.2 Å². The largest absolute Gasteiger partial charge is 0.316 e. The maximum Gasteiger partial charge on any atom is 0.0192 e. The number of benzene rings is 1. The minimum Gasteiger partial charge on any atom is -0.316 e. The van der Waals surface area contributed by atoms with Crippen molar-refractivity contribution in [2.75, 3.05) is 20.1 Å². The van der Waals surface area contributed by atoms with Gasteiger partial charge in [0.25, 0.3) is 0 Å². The summed E-state index contributed by atoms with van der Waals surface area (Å²) in [6.07, 6.45) is 6.47. The lowest BCUT2D eigenvalue weighted by Crippen LogP contribution is -2.50. The van der Waals surface area contributed by atoms with Gasteiger partial charge >= 0.3 is 0 Å². The first kappa shape index (κ1) is 13.6. The maximum absolute atomic E-state index is 3.58. The number of hydrogen-bond acceptors (Lipinski definition) is 2. The Kier molecular flexibility index (Phi) is 4.25. The number of halogens is 1. The Bertz CT molecular complexity index is 446. The van der Waals surface area contributed by atoms with E-state index in [1.54, 1.807) is 11.1 Å². The molecular formula is C16H23BrN2. The predicted octanol–water partition coefficient (Wildman–Crippen LogP) is 2.99. The Hall–Kier alpha value is -0.380. The van der Waals surface area contributed by atoms with Crippen molar-refractivity contribution in [3.63, 3.8) is 0 Å². The van der Waals surface area contributed by atoms with E-state index in [-0.39, 0.29) is 0 Å². The molecule has 1 fully saturated rings. The summed E-state index contributed by atoms with van der Waals surface area (Å²) in [5.41, 5.74) is 3.11. The third-order valence-corrected chi connectivity index (χ3v) is 5.24. The van der Waals surface area contributed by atoms with Crippen LogP contribution in [0.15, 0.2) is 22.7 Å². The van der Waals surface area contributed by atoms with E-state index in [1.807, 2.05) is 0 Å². The molecule has 2 aliphatic rings. The number of hydrogen-bond donors (Lipinski definition) is 1. The SMILES string of the molecule is CNC1CCCN(C2CCc3cc(Br)ccc3C2)C1. The summed E-state index contributed by atoms with van der Waals surface area (Å²) in [7, 11) is 2.10. The van der Waals surface area contributed by atoms with Crippen molar-refractivity contribution in [2.24, 2.45) is 0 Å². The number of aryl methyl sites for hydroxylation is 1. The van der Waals surface area contributed by atoms with Crippen LogP contribution in [-0.4, -0.2) is 37.1 Å². The van der Waals surface area contributed by atoms with Gasteiger partial charge in [0.05, 0.1) is 0 Å². The summed E-state index contributed by atoms with van der Waals surface area (Å²) >= 11 is 3.58. The molecule has 1 aromatic carbocycles. The molecular weight excluding hydrogens is 300 g/mol. The number of nitrogens with zero attached hydrogens (tertiary/aromatic N) is 1. The van der Waals surface area contributed by atoms with Gasteiger partial charge < -0.3 is 5.32 Å². The van der Waals surface area contributed by atoms with Gasteiger partial charge in [-0.3, -0.25) is 4.90 Å². The Morgan fingerprint density at radius 3 is 3.00 bits per heavy atom. The Morgan fingerprint density at radius 2 is 2.16 bits per heavy atom. The number of rotatable bonds is 2. The van der Waals surface area contributed by atoms with Crippen molar-refractivity contribution in [3.8, 4) is 0 Å². The molecule has 1 saturated heterocycles. The van der Waals surface area contributed by atoms with E-state index in [1.165, 1.54) is 49.7 Å². The molecule has 104 valence electrons. The smallest absolute Gasteiger partial charge is 0.0192 e. The molecule has 2 nitrogen and oxygen atoms in total. The summed E-state index contributed by atoms with van der Waals surface area (Å²) < 4.78 is 1.22. The summed E-state index contributed by atoms with van der Waals surface area (Å²) in [4.78, 5) is 2.72. The highest BCUT2D eigenvalue weighted by Crippen LogP contribution is 2.28. The predicted molar refractivity (Wildman–Crippen MR) is 83.6 cm³/mol. The fraction of sp³-hybridized carbons (Fsp3) is 0.625. The second kappa shape index (κ2) is 5.94. The minimum absolute atomic E-state index is 0.695. The number of nitrogens with one attached hydrogen (secondary N) is 1. The van der Waals surface area contributed by atoms with Crippen molar-refractivity contribution in [3.05, 3.63) is 33.8 Å². The van der Waals surface area contributed by atoms with Crippen molar-refractivity contribution in [1.29, 1.82) is 0 Å². The summed E-state index contributed by atoms with van der Waals surface area (Å²) in [6, 6.07) is 8.25. The van der Waals surface area contributed by atoms with E-state index in [4.69, 9.17) is 0 Å². The highest BCUT2D eigenvalue weighted by atomic mass is 79.9. The van der Waals surface area contributed by atoms with E-state index in [0.29, 0.717) is 6.04 Å². The Labute approximate surface area is 124 Å². The van der Waals surface area contributed by atoms with Crippen LogP contribution >= 0.6 is 15.9 Å². The topological polar surface area (TPSA) is 15.3 Å². The lowest BCUT2D eigenvalue weighted by Gasteiger charge is -2.40. The van der Waals surface area contributed by atoms with Gasteiger partial charge in [-0.15, -0.1) is 0 Å². The first-order valence-corrected chi connectivity index (χ1v) is 8.24. The second-order valence-corrected chi connectivity index (χ2v) is 6.85. The second-order valence-electron chi connectivity index (χ2n) is 5.93. The fourth-order valence-electron chi connectivity index (χ4n) is 3.59. The van der Waals surface area contributed by atoms with Crippen LogP contribution in [0.1, 0.15) is 30.4 Å². The van der Waals surface area contributed by atoms with Crippen molar-refractivity contribution in [2.45, 2.75) is 44.2 Å². The fourth-order valence-corrected chi connectivity index (χ4v) is 4.00. The van der Waals surface area contributed by atoms with Crippen LogP contribution in [0.3, 0.4) is 0 Å². The molecule has 0 saturated carbocycles. The molecule has 0 spiro atoms. The molecule has 3 heteroatoms. The molecule has 0 aromatic heterocycles. The van der Waals surface area contributed by atoms with E-state index in [2.05, 4.69) is 51.4 Å². The Balaban J connectivity index is 1.69. The first-order chi connectivity index (χ1) is 9.26. The molecule has 19 heavy (non-hydrogen) atoms. The third kappa shape index (κ3) is 3.04. The average Bonchev–Trinajstić information content (AvgIpc) is 2.46. The van der Waals surface area contributed by atoms with Gasteiger partial charge in [0.2, 0.25) is 0 Å². The first-order valence-electron chi connectivity index (χ1n) is 7.45. The van der Waals surface area contributed by atoms with Crippen LogP contribution in [0, 0.1) is 0 Å². The number of fused-ring (bicyclic) bond motifs is 1. The van der Waals surface area contributed by atoms with Gasteiger partial charge in [-0.1, -0.05) is 22.0 Å². The summed E-state index contributed by atoms with van der Waals surface area (Å²) in [5.74, 6) is 0. The van der Waals surface area contributed by atoms with Crippen LogP contribution in [0.25, 0.3) is 0 Å². The zero-order valence-corrected chi connectivity index (χ0v) is 13.2. The zero-order chi connectivity index (χ0) is 13.2. The lowest BCUT2D eigenvalue weighted by atomic mass is 9.86. The van der Waals surface area contributed by atoms with Gasteiger partial charge in [0.15, 0.2) is 0 Å². The normalized spacial score (nSPS) is 28.1. The molecule has 1 heterocycles. The van der Waals surface area contributed by atoms with E-state index < -0.39 is 0 Å². The van der Waals surface area contributed by atoms with E-state index in [9.17, 15) is 0 Å². The average molecular weight is 323 g/mol. The quantitative estimate of drug-likeness (QED) is 0.900. The van der Waals surface area contributed by atoms with Crippen LogP contribution < -0.4 is 5.32 Å². The molecule has 0 amide bonds. The molecule has 0 bridgehead atoms. The van der Waals surface area contributed by atoms with Gasteiger partial charge in [-0.05, 0) is 69.0 Å². The molecule has 0 radical (unpaired) electrons. The molecule has 1 N–H and O–H groups in total. The molecule has 1 aliphatic carbocycles. The Morgan fingerprint density at radius 1 is 1.26 bits per heavy atom. The highest BCUT2D eigenvalue weighted by molar-refractivity contribution is 9.10. The molecule has 2 unspecified atom stereocenters. The van der Waals surface area contributed by atoms with Crippen LogP contribution in [0.4, 0.5) is 0 Å². The zero-order valence-electron chi connectivity index (χ0n) is 11.7. The number of piperidine rings is 1. The van der Waals surface area contributed by atoms with E-state index >= 15 is 0 Å². The standard InChI is InChI=1S/C16H23BrN2/c1-18-15-3-2-8-19(11-15)16-7-5-12-9-14(17)6-4-13(12)10-16/h4,6,9,15-16,18H,2-3,5,7-8,10-11H2,1H3. The van der Waals surface area contributed by atoms with Gasteiger partial charge in [-0.2, -0.15) is 0 Å². The highest BCUT2D eigenvalue weighted by Gasteiger charge is 2.28. The molecule has 1 aromatic rings. The van der Waals surface area contributed by atoms with Gasteiger partial charge in [0.1, 0.15) is 0 Å². The summed E-state index contributed by atoms with van der Waals surface area (Å²) in [5, 5.41) is 3.45. The van der Waals surface area contributed by atoms with Gasteiger partial charge in [-0.25, -0.2) is 0 Å². The number of likely N-dealkylation sites (N-methyl/N-ethyl adjacent to an activating group) is 1. The number of likely N-dealkylation sites (tertiary alicyclic amines) is 1. The summed E-state index contributed by atoms with van der Waals surface area (Å²) in [6.45, 7) is 2.52. The van der Waals surface area contributed by atoms with Gasteiger partial charge in [0, 0.05) is 23.1 Å². The van der Waals surface area contributed by atoms with Crippen LogP contribution in [0.5, 0.6) is 0 Å². The minimum atomic E-state index is 0.695. The molecule has 2 atom stereocenters. The van der Waals surface area contributed by atoms with E-state index in [0.717, 1.165) is 6.04 Å². The van der Waals surface area contributed by atoms with Crippen molar-refractivity contribution < 1.29 is 0 Å². The van der Waals surface area contributed by atoms with Crippen LogP contribution in [0.2, 0.25) is 0 Å².